The number of rotatable bonds is 8. The molecule has 0 bridgehead atoms. The van der Waals surface area contributed by atoms with E-state index >= 15 is 0 Å². The minimum absolute atomic E-state index is 0.273. The van der Waals surface area contributed by atoms with Crippen molar-refractivity contribution in [3.63, 3.8) is 0 Å². The first-order chi connectivity index (χ1) is 13.2. The highest BCUT2D eigenvalue weighted by Crippen LogP contribution is 2.23. The molecule has 28 heavy (non-hydrogen) atoms. The smallest absolute Gasteiger partial charge is 0.244 e. The number of aryl methyl sites for hydroxylation is 1. The normalized spacial score (nSPS) is 13.5. The van der Waals surface area contributed by atoms with Gasteiger partial charge in [0.25, 0.3) is 0 Å². The van der Waals surface area contributed by atoms with E-state index in [0.29, 0.717) is 5.69 Å². The molecule has 0 heterocycles. The number of anilines is 1. The van der Waals surface area contributed by atoms with Gasteiger partial charge in [0.2, 0.25) is 15.9 Å². The maximum absolute atomic E-state index is 12.8. The lowest BCUT2D eigenvalue weighted by atomic mass is 10.1. The monoisotopic (exact) mass is 404 g/mol. The number of hydrogen-bond donors (Lipinski definition) is 1. The van der Waals surface area contributed by atoms with Crippen LogP contribution >= 0.6 is 0 Å². The summed E-state index contributed by atoms with van der Waals surface area (Å²) < 4.78 is 31.1. The quantitative estimate of drug-likeness (QED) is 0.733. The van der Waals surface area contributed by atoms with Gasteiger partial charge in [0, 0.05) is 0 Å². The van der Waals surface area contributed by atoms with Crippen molar-refractivity contribution in [2.24, 2.45) is 0 Å². The number of carbonyl (C=O) groups is 1. The number of methoxy groups -OCH3 is 1. The Hall–Kier alpha value is -2.54. The first kappa shape index (κ1) is 21.8. The molecule has 0 aromatic heterocycles. The van der Waals surface area contributed by atoms with Crippen LogP contribution in [0.5, 0.6) is 5.75 Å². The van der Waals surface area contributed by atoms with E-state index < -0.39 is 16.1 Å². The maximum atomic E-state index is 12.8. The van der Waals surface area contributed by atoms with Gasteiger partial charge < -0.3 is 10.1 Å². The average molecular weight is 405 g/mol. The number of sulfonamides is 1. The van der Waals surface area contributed by atoms with Gasteiger partial charge in [-0.05, 0) is 55.7 Å². The molecule has 0 aliphatic carbocycles. The second-order valence-electron chi connectivity index (χ2n) is 6.76. The number of carbonyl (C=O) groups excluding carboxylic acids is 1. The van der Waals surface area contributed by atoms with E-state index in [0.717, 1.165) is 33.9 Å². The van der Waals surface area contributed by atoms with Gasteiger partial charge in [-0.25, -0.2) is 8.42 Å². The van der Waals surface area contributed by atoms with E-state index in [-0.39, 0.29) is 11.9 Å². The molecule has 2 aromatic carbocycles. The van der Waals surface area contributed by atoms with Crippen LogP contribution in [0.2, 0.25) is 0 Å². The van der Waals surface area contributed by atoms with Gasteiger partial charge in [-0.1, -0.05) is 31.2 Å². The molecule has 0 aliphatic heterocycles. The number of benzene rings is 2. The molecule has 6 nitrogen and oxygen atoms in total. The Balaban J connectivity index is 2.20. The van der Waals surface area contributed by atoms with Gasteiger partial charge in [-0.3, -0.25) is 9.10 Å². The van der Waals surface area contributed by atoms with Crippen LogP contribution in [-0.2, 0) is 21.2 Å². The van der Waals surface area contributed by atoms with Crippen LogP contribution in [0.1, 0.15) is 37.9 Å². The van der Waals surface area contributed by atoms with E-state index in [1.807, 2.05) is 50.2 Å². The van der Waals surface area contributed by atoms with Crippen molar-refractivity contribution in [2.45, 2.75) is 39.3 Å². The zero-order valence-corrected chi connectivity index (χ0v) is 17.8. The summed E-state index contributed by atoms with van der Waals surface area (Å²) in [6.07, 6.45) is 1.96. The predicted molar refractivity (Wildman–Crippen MR) is 112 cm³/mol. The summed E-state index contributed by atoms with van der Waals surface area (Å²) in [5.41, 5.74) is 2.47. The van der Waals surface area contributed by atoms with Crippen molar-refractivity contribution in [3.05, 3.63) is 59.7 Å². The highest BCUT2D eigenvalue weighted by atomic mass is 32.2. The van der Waals surface area contributed by atoms with Crippen LogP contribution in [0.25, 0.3) is 0 Å². The fourth-order valence-electron chi connectivity index (χ4n) is 3.00. The fourth-order valence-corrected chi connectivity index (χ4v) is 4.17. The van der Waals surface area contributed by atoms with Gasteiger partial charge in [-0.2, -0.15) is 0 Å². The number of hydrogen-bond acceptors (Lipinski definition) is 4. The van der Waals surface area contributed by atoms with Gasteiger partial charge in [0.05, 0.1) is 25.1 Å². The molecule has 0 fully saturated rings. The van der Waals surface area contributed by atoms with Gasteiger partial charge in [0.1, 0.15) is 11.8 Å². The molecule has 2 rings (SSSR count). The van der Waals surface area contributed by atoms with Gasteiger partial charge >= 0.3 is 0 Å². The Morgan fingerprint density at radius 3 is 2.11 bits per heavy atom. The summed E-state index contributed by atoms with van der Waals surface area (Å²) in [5.74, 6) is 0.364. The summed E-state index contributed by atoms with van der Waals surface area (Å²) in [6, 6.07) is 13.4. The lowest BCUT2D eigenvalue weighted by Gasteiger charge is -2.29. The summed E-state index contributed by atoms with van der Waals surface area (Å²) in [4.78, 5) is 12.8. The maximum Gasteiger partial charge on any atom is 0.244 e. The third-order valence-electron chi connectivity index (χ3n) is 4.66. The van der Waals surface area contributed by atoms with Crippen molar-refractivity contribution in [1.29, 1.82) is 0 Å². The van der Waals surface area contributed by atoms with E-state index in [1.54, 1.807) is 26.2 Å². The van der Waals surface area contributed by atoms with Crippen molar-refractivity contribution in [1.82, 2.24) is 5.32 Å². The summed E-state index contributed by atoms with van der Waals surface area (Å²) in [6.45, 7) is 5.47. The van der Waals surface area contributed by atoms with Gasteiger partial charge in [-0.15, -0.1) is 0 Å². The lowest BCUT2D eigenvalue weighted by Crippen LogP contribution is -2.48. The van der Waals surface area contributed by atoms with Crippen molar-refractivity contribution in [3.8, 4) is 5.75 Å². The molecular formula is C21H28N2O4S. The summed E-state index contributed by atoms with van der Waals surface area (Å²) >= 11 is 0. The SMILES string of the molecule is CCc1ccc(N(C(C)C(=O)NC(C)c2ccc(OC)cc2)S(C)(=O)=O)cc1. The average Bonchev–Trinajstić information content (AvgIpc) is 2.67. The molecule has 2 unspecified atom stereocenters. The Kier molecular flexibility index (Phi) is 7.07. The summed E-state index contributed by atoms with van der Waals surface area (Å²) in [5, 5.41) is 2.89. The van der Waals surface area contributed by atoms with Crippen LogP contribution in [0, 0.1) is 0 Å². The second-order valence-corrected chi connectivity index (χ2v) is 8.62. The molecule has 0 radical (unpaired) electrons. The van der Waals surface area contributed by atoms with E-state index in [9.17, 15) is 13.2 Å². The molecule has 152 valence electrons. The third kappa shape index (κ3) is 5.25. The molecule has 2 atom stereocenters. The van der Waals surface area contributed by atoms with Crippen LogP contribution < -0.4 is 14.4 Å². The highest BCUT2D eigenvalue weighted by Gasteiger charge is 2.29. The topological polar surface area (TPSA) is 75.7 Å². The Labute approximate surface area is 167 Å². The highest BCUT2D eigenvalue weighted by molar-refractivity contribution is 7.92. The molecule has 7 heteroatoms. The van der Waals surface area contributed by atoms with Crippen LogP contribution in [0.4, 0.5) is 5.69 Å². The van der Waals surface area contributed by atoms with E-state index in [2.05, 4.69) is 5.32 Å². The lowest BCUT2D eigenvalue weighted by molar-refractivity contribution is -0.122. The number of nitrogens with zero attached hydrogens (tertiary/aromatic N) is 1. The first-order valence-corrected chi connectivity index (χ1v) is 11.0. The second kappa shape index (κ2) is 9.10. The third-order valence-corrected chi connectivity index (χ3v) is 5.90. The molecule has 0 saturated heterocycles. The number of ether oxygens (including phenoxy) is 1. The molecular weight excluding hydrogens is 376 g/mol. The molecule has 0 aliphatic rings. The van der Waals surface area contributed by atoms with E-state index in [4.69, 9.17) is 4.74 Å². The minimum atomic E-state index is -3.64. The van der Waals surface area contributed by atoms with Crippen LogP contribution in [0.15, 0.2) is 48.5 Å². The molecule has 0 saturated carbocycles. The van der Waals surface area contributed by atoms with Crippen molar-refractivity contribution in [2.75, 3.05) is 17.7 Å². The molecule has 2 aromatic rings. The van der Waals surface area contributed by atoms with Crippen LogP contribution in [-0.4, -0.2) is 33.7 Å². The minimum Gasteiger partial charge on any atom is -0.497 e. The Morgan fingerprint density at radius 1 is 1.07 bits per heavy atom. The fraction of sp³-hybridized carbons (Fsp3) is 0.381. The van der Waals surface area contributed by atoms with Gasteiger partial charge in [0.15, 0.2) is 0 Å². The Morgan fingerprint density at radius 2 is 1.64 bits per heavy atom. The number of amides is 1. The van der Waals surface area contributed by atoms with Crippen molar-refractivity contribution >= 4 is 21.6 Å². The zero-order valence-electron chi connectivity index (χ0n) is 17.0. The standard InChI is InChI=1S/C21H28N2O4S/c1-6-17-7-11-19(12-8-17)23(28(5,25)26)16(3)21(24)22-15(2)18-9-13-20(27-4)14-10-18/h7-16H,6H2,1-5H3,(H,22,24). The van der Waals surface area contributed by atoms with Crippen molar-refractivity contribution < 1.29 is 17.9 Å². The molecule has 0 spiro atoms. The predicted octanol–water partition coefficient (Wildman–Crippen LogP) is 3.29. The van der Waals surface area contributed by atoms with Crippen LogP contribution in [0.3, 0.4) is 0 Å². The Bertz CT molecular complexity index is 893. The first-order valence-electron chi connectivity index (χ1n) is 9.20. The van der Waals surface area contributed by atoms with E-state index in [1.165, 1.54) is 0 Å². The molecule has 1 N–H and O–H groups in total. The number of nitrogens with one attached hydrogen (secondary N) is 1. The molecule has 1 amide bonds. The zero-order chi connectivity index (χ0) is 20.9. The summed E-state index contributed by atoms with van der Waals surface area (Å²) in [7, 11) is -2.04. The largest absolute Gasteiger partial charge is 0.497 e.